The zero-order valence-electron chi connectivity index (χ0n) is 19.3. The first-order valence-corrected chi connectivity index (χ1v) is 11.5. The number of amides is 2. The van der Waals surface area contributed by atoms with Crippen LogP contribution in [0.2, 0.25) is 0 Å². The van der Waals surface area contributed by atoms with Gasteiger partial charge < -0.3 is 25.0 Å². The van der Waals surface area contributed by atoms with Crippen molar-refractivity contribution >= 4 is 18.0 Å². The van der Waals surface area contributed by atoms with Gasteiger partial charge >= 0.3 is 12.1 Å². The minimum absolute atomic E-state index is 0.00218. The maximum absolute atomic E-state index is 12.3. The van der Waals surface area contributed by atoms with Gasteiger partial charge in [0.2, 0.25) is 0 Å². The van der Waals surface area contributed by atoms with Crippen molar-refractivity contribution in [2.45, 2.75) is 32.2 Å². The number of aliphatic carboxylic acids is 1. The van der Waals surface area contributed by atoms with Crippen LogP contribution in [0.25, 0.3) is 11.1 Å². The number of carboxylic acid groups (broad SMARTS) is 1. The Morgan fingerprint density at radius 1 is 1.06 bits per heavy atom. The summed E-state index contributed by atoms with van der Waals surface area (Å²) in [5.74, 6) is -1.93. The van der Waals surface area contributed by atoms with E-state index in [2.05, 4.69) is 27.9 Å². The topological polar surface area (TPSA) is 131 Å². The first kappa shape index (κ1) is 24.0. The van der Waals surface area contributed by atoms with Crippen LogP contribution >= 0.6 is 0 Å². The van der Waals surface area contributed by atoms with Crippen molar-refractivity contribution in [2.24, 2.45) is 5.92 Å². The summed E-state index contributed by atoms with van der Waals surface area (Å²) in [7, 11) is 0. The molecule has 0 saturated carbocycles. The summed E-state index contributed by atoms with van der Waals surface area (Å²) in [6, 6.07) is 17.6. The number of rotatable bonds is 10. The Kier molecular flexibility index (Phi) is 7.45. The fourth-order valence-corrected chi connectivity index (χ4v) is 4.28. The molecule has 1 aliphatic rings. The van der Waals surface area contributed by atoms with E-state index in [1.165, 1.54) is 6.07 Å². The van der Waals surface area contributed by atoms with Gasteiger partial charge in [-0.2, -0.15) is 0 Å². The van der Waals surface area contributed by atoms with Crippen molar-refractivity contribution in [3.05, 3.63) is 77.2 Å². The van der Waals surface area contributed by atoms with Crippen molar-refractivity contribution in [1.29, 1.82) is 0 Å². The van der Waals surface area contributed by atoms with E-state index in [9.17, 15) is 19.5 Å². The summed E-state index contributed by atoms with van der Waals surface area (Å²) in [6.45, 7) is 2.06. The number of fused-ring (bicyclic) bond motifs is 3. The molecule has 9 nitrogen and oxygen atoms in total. The molecule has 35 heavy (non-hydrogen) atoms. The zero-order valence-corrected chi connectivity index (χ0v) is 19.3. The molecule has 0 bridgehead atoms. The van der Waals surface area contributed by atoms with E-state index >= 15 is 0 Å². The van der Waals surface area contributed by atoms with Crippen LogP contribution in [-0.2, 0) is 16.1 Å². The van der Waals surface area contributed by atoms with Crippen molar-refractivity contribution in [3.8, 4) is 11.1 Å². The number of benzene rings is 2. The Labute approximate surface area is 202 Å². The third kappa shape index (κ3) is 5.51. The van der Waals surface area contributed by atoms with Crippen LogP contribution in [0, 0.1) is 5.92 Å². The highest BCUT2D eigenvalue weighted by atomic mass is 16.5. The van der Waals surface area contributed by atoms with E-state index in [4.69, 9.17) is 9.26 Å². The van der Waals surface area contributed by atoms with Crippen molar-refractivity contribution in [3.63, 3.8) is 0 Å². The lowest BCUT2D eigenvalue weighted by atomic mass is 9.98. The highest BCUT2D eigenvalue weighted by Crippen LogP contribution is 2.44. The molecule has 1 atom stereocenters. The van der Waals surface area contributed by atoms with Gasteiger partial charge in [-0.1, -0.05) is 67.0 Å². The Morgan fingerprint density at radius 3 is 2.34 bits per heavy atom. The Bertz CT molecular complexity index is 1180. The van der Waals surface area contributed by atoms with Crippen LogP contribution in [0.5, 0.6) is 0 Å². The van der Waals surface area contributed by atoms with Gasteiger partial charge in [-0.15, -0.1) is 0 Å². The van der Waals surface area contributed by atoms with Gasteiger partial charge in [0.05, 0.1) is 12.5 Å². The first-order chi connectivity index (χ1) is 17.0. The minimum atomic E-state index is -0.958. The van der Waals surface area contributed by atoms with Crippen LogP contribution in [-0.4, -0.2) is 41.4 Å². The largest absolute Gasteiger partial charge is 0.481 e. The van der Waals surface area contributed by atoms with Crippen LogP contribution in [0.4, 0.5) is 4.79 Å². The predicted molar refractivity (Wildman–Crippen MR) is 127 cm³/mol. The molecule has 1 heterocycles. The summed E-state index contributed by atoms with van der Waals surface area (Å²) < 4.78 is 10.6. The molecule has 9 heteroatoms. The van der Waals surface area contributed by atoms with Gasteiger partial charge in [-0.3, -0.25) is 9.59 Å². The molecule has 1 aliphatic carbocycles. The number of carboxylic acids is 1. The highest BCUT2D eigenvalue weighted by molar-refractivity contribution is 5.92. The van der Waals surface area contributed by atoms with Gasteiger partial charge in [0.15, 0.2) is 11.5 Å². The lowest BCUT2D eigenvalue weighted by Gasteiger charge is -2.14. The average Bonchev–Trinajstić information content (AvgIpc) is 3.47. The normalized spacial score (nSPS) is 12.9. The second kappa shape index (κ2) is 10.9. The van der Waals surface area contributed by atoms with Gasteiger partial charge in [0.25, 0.3) is 5.91 Å². The lowest BCUT2D eigenvalue weighted by molar-refractivity contribution is -0.141. The molecule has 3 aromatic rings. The summed E-state index contributed by atoms with van der Waals surface area (Å²) in [5.41, 5.74) is 4.55. The second-order valence-corrected chi connectivity index (χ2v) is 8.39. The first-order valence-electron chi connectivity index (χ1n) is 11.5. The lowest BCUT2D eigenvalue weighted by Crippen LogP contribution is -2.33. The maximum Gasteiger partial charge on any atom is 0.407 e. The Morgan fingerprint density at radius 2 is 1.71 bits per heavy atom. The Hall–Kier alpha value is -4.14. The number of carbonyl (C=O) groups is 3. The Balaban J connectivity index is 1.27. The number of carbonyl (C=O) groups excluding carboxylic acids is 2. The third-order valence-corrected chi connectivity index (χ3v) is 6.04. The molecule has 2 amide bonds. The molecular formula is C26H27N3O6. The monoisotopic (exact) mass is 477 g/mol. The van der Waals surface area contributed by atoms with Crippen molar-refractivity contribution < 1.29 is 28.8 Å². The van der Waals surface area contributed by atoms with Gasteiger partial charge in [0, 0.05) is 18.5 Å². The zero-order chi connectivity index (χ0) is 24.8. The smallest absolute Gasteiger partial charge is 0.407 e. The summed E-state index contributed by atoms with van der Waals surface area (Å²) >= 11 is 0. The van der Waals surface area contributed by atoms with Gasteiger partial charge in [-0.05, 0) is 28.7 Å². The third-order valence-electron chi connectivity index (χ3n) is 6.04. The quantitative estimate of drug-likeness (QED) is 0.403. The van der Waals surface area contributed by atoms with Crippen LogP contribution in [0.3, 0.4) is 0 Å². The number of nitrogens with zero attached hydrogens (tertiary/aromatic N) is 1. The summed E-state index contributed by atoms with van der Waals surface area (Å²) in [6.07, 6.45) is 0.546. The van der Waals surface area contributed by atoms with E-state index in [-0.39, 0.29) is 37.1 Å². The van der Waals surface area contributed by atoms with Crippen molar-refractivity contribution in [2.75, 3.05) is 13.2 Å². The van der Waals surface area contributed by atoms with Crippen molar-refractivity contribution in [1.82, 2.24) is 15.8 Å². The fourth-order valence-electron chi connectivity index (χ4n) is 4.28. The molecule has 0 saturated heterocycles. The molecular weight excluding hydrogens is 450 g/mol. The second-order valence-electron chi connectivity index (χ2n) is 8.39. The van der Waals surface area contributed by atoms with Crippen LogP contribution < -0.4 is 10.6 Å². The number of hydrogen-bond acceptors (Lipinski definition) is 6. The SMILES string of the molecule is CCCC(CNC(=O)c1cc(CNC(=O)OCC2c3ccccc3-c3ccccc32)on1)C(=O)O. The fraction of sp³-hybridized carbons (Fsp3) is 0.308. The number of nitrogens with one attached hydrogen (secondary N) is 2. The maximum atomic E-state index is 12.3. The van der Waals surface area contributed by atoms with Crippen LogP contribution in [0.15, 0.2) is 59.1 Å². The molecule has 0 aliphatic heterocycles. The summed E-state index contributed by atoms with van der Waals surface area (Å²) in [5, 5.41) is 18.0. The standard InChI is InChI=1S/C26H27N3O6/c1-2-7-16(25(31)32)13-27-24(30)23-12-17(35-29-23)14-28-26(33)34-15-22-20-10-5-3-8-18(20)19-9-4-6-11-21(19)22/h3-6,8-12,16,22H,2,7,13-15H2,1H3,(H,27,30)(H,28,33)(H,31,32). The van der Waals surface area contributed by atoms with E-state index in [1.54, 1.807) is 0 Å². The number of ether oxygens (including phenoxy) is 1. The van der Waals surface area contributed by atoms with Gasteiger partial charge in [0.1, 0.15) is 6.61 Å². The minimum Gasteiger partial charge on any atom is -0.481 e. The molecule has 1 aromatic heterocycles. The van der Waals surface area contributed by atoms with E-state index < -0.39 is 23.9 Å². The number of hydrogen-bond donors (Lipinski definition) is 3. The molecule has 3 N–H and O–H groups in total. The molecule has 4 rings (SSSR count). The number of aromatic nitrogens is 1. The molecule has 0 spiro atoms. The summed E-state index contributed by atoms with van der Waals surface area (Å²) in [4.78, 5) is 35.8. The molecule has 182 valence electrons. The highest BCUT2D eigenvalue weighted by Gasteiger charge is 2.29. The molecule has 0 fully saturated rings. The van der Waals surface area contributed by atoms with E-state index in [0.29, 0.717) is 12.8 Å². The van der Waals surface area contributed by atoms with E-state index in [0.717, 1.165) is 22.3 Å². The van der Waals surface area contributed by atoms with Gasteiger partial charge in [-0.25, -0.2) is 4.79 Å². The molecule has 2 aromatic carbocycles. The predicted octanol–water partition coefficient (Wildman–Crippen LogP) is 3.94. The van der Waals surface area contributed by atoms with E-state index in [1.807, 2.05) is 43.3 Å². The average molecular weight is 478 g/mol. The number of alkyl carbamates (subject to hydrolysis) is 1. The molecule has 1 unspecified atom stereocenters. The molecule has 0 radical (unpaired) electrons. The van der Waals surface area contributed by atoms with Crippen LogP contribution in [0.1, 0.15) is 53.1 Å².